The molecule has 228 valence electrons. The Bertz CT molecular complexity index is 1500. The van der Waals surface area contributed by atoms with Crippen molar-refractivity contribution in [2.24, 2.45) is 0 Å². The summed E-state index contributed by atoms with van der Waals surface area (Å²) in [5.41, 5.74) is 0.245. The topological polar surface area (TPSA) is 194 Å². The van der Waals surface area contributed by atoms with Crippen LogP contribution in [0.25, 0.3) is 0 Å². The van der Waals surface area contributed by atoms with Gasteiger partial charge in [-0.05, 0) is 33.3 Å². The summed E-state index contributed by atoms with van der Waals surface area (Å²) in [6.07, 6.45) is -0.214. The number of nitrogens with zero attached hydrogens (tertiary/aromatic N) is 2. The molecule has 5 rings (SSSR count). The monoisotopic (exact) mass is 647 g/mol. The average molecular weight is 648 g/mol. The van der Waals surface area contributed by atoms with Crippen LogP contribution in [0.4, 0.5) is 0 Å². The van der Waals surface area contributed by atoms with Gasteiger partial charge < -0.3 is 29.7 Å². The maximum absolute atomic E-state index is 13.1. The number of carbonyl (C=O) groups is 6. The van der Waals surface area contributed by atoms with Crippen LogP contribution in [0.5, 0.6) is 0 Å². The normalized spacial score (nSPS) is 29.5. The van der Waals surface area contributed by atoms with E-state index < -0.39 is 96.5 Å². The molecule has 17 heteroatoms. The van der Waals surface area contributed by atoms with Crippen molar-refractivity contribution in [1.29, 1.82) is 0 Å². The van der Waals surface area contributed by atoms with Gasteiger partial charge in [-0.1, -0.05) is 30.3 Å². The standard InChI is InChI=1S/C26H29N3O11S2.Na.H/c1-25(2)17(23(35)39-11-40-24(36)18-26(3,4)42(37,38)14-10-13(30)28(14)18)29-20(32)16(21(29)41-25)27-19(31)15(22(33)34)12-8-6-5-7-9-12;;/h5-9,14-18,21H,10-11H2,1-4H3,(H,27,31)(H,33,34);;/t14-,15?,16?,17+,18+,21-;;/m1../s1. The van der Waals surface area contributed by atoms with Crippen molar-refractivity contribution < 1.29 is 51.8 Å². The molecule has 3 amide bonds. The predicted octanol–water partition coefficient (Wildman–Crippen LogP) is -1.07. The van der Waals surface area contributed by atoms with Crippen molar-refractivity contribution in [3.8, 4) is 0 Å². The van der Waals surface area contributed by atoms with E-state index in [0.29, 0.717) is 0 Å². The first-order chi connectivity index (χ1) is 19.5. The van der Waals surface area contributed by atoms with Gasteiger partial charge >= 0.3 is 47.5 Å². The van der Waals surface area contributed by atoms with E-state index in [1.165, 1.54) is 42.6 Å². The molecule has 4 saturated heterocycles. The van der Waals surface area contributed by atoms with E-state index in [0.717, 1.165) is 4.90 Å². The third-order valence-electron chi connectivity index (χ3n) is 8.21. The van der Waals surface area contributed by atoms with Crippen molar-refractivity contribution in [2.75, 3.05) is 6.79 Å². The zero-order valence-corrected chi connectivity index (χ0v) is 24.6. The number of hydrogen-bond acceptors (Lipinski definition) is 11. The summed E-state index contributed by atoms with van der Waals surface area (Å²) in [6.45, 7) is 5.15. The first kappa shape index (κ1) is 33.2. The van der Waals surface area contributed by atoms with Gasteiger partial charge in [0.1, 0.15) is 28.9 Å². The SMILES string of the molecule is CC1(C)S[C@@H]2C(NC(=O)C(C(=O)O)c3ccccc3)C(=O)N2[C@H]1C(=O)OCOC(=O)[C@@H]1N2C(=O)C[C@H]2S(=O)(=O)C1(C)C.[NaH]. The van der Waals surface area contributed by atoms with Crippen LogP contribution >= 0.6 is 11.8 Å². The van der Waals surface area contributed by atoms with Gasteiger partial charge in [-0.2, -0.15) is 0 Å². The number of thioether (sulfide) groups is 1. The van der Waals surface area contributed by atoms with Crippen LogP contribution in [0.3, 0.4) is 0 Å². The molecule has 0 saturated carbocycles. The molecule has 6 atom stereocenters. The van der Waals surface area contributed by atoms with Crippen molar-refractivity contribution in [2.45, 2.75) is 78.4 Å². The van der Waals surface area contributed by atoms with E-state index in [4.69, 9.17) is 9.47 Å². The Kier molecular flexibility index (Phi) is 8.78. The second kappa shape index (κ2) is 11.4. The molecule has 4 heterocycles. The minimum absolute atomic E-state index is 0. The molecule has 4 aliphatic rings. The molecule has 0 bridgehead atoms. The van der Waals surface area contributed by atoms with E-state index in [2.05, 4.69) is 5.32 Å². The Morgan fingerprint density at radius 1 is 1.02 bits per heavy atom. The van der Waals surface area contributed by atoms with Crippen molar-refractivity contribution in [3.05, 3.63) is 35.9 Å². The molecule has 0 aliphatic carbocycles. The fourth-order valence-corrected chi connectivity index (χ4v) is 9.67. The Morgan fingerprint density at radius 2 is 1.60 bits per heavy atom. The number of sulfone groups is 1. The first-order valence-electron chi connectivity index (χ1n) is 13.0. The Morgan fingerprint density at radius 3 is 2.16 bits per heavy atom. The quantitative estimate of drug-likeness (QED) is 0.114. The number of β-lactam (4-membered cyclic amide) rings is 2. The van der Waals surface area contributed by atoms with Gasteiger partial charge in [0.2, 0.25) is 24.5 Å². The van der Waals surface area contributed by atoms with Crippen LogP contribution in [0.2, 0.25) is 0 Å². The molecule has 4 fully saturated rings. The average Bonchev–Trinajstić information content (AvgIpc) is 3.22. The third-order valence-corrected chi connectivity index (χ3v) is 12.6. The number of benzene rings is 1. The second-order valence-electron chi connectivity index (χ2n) is 11.5. The van der Waals surface area contributed by atoms with Crippen LogP contribution in [-0.4, -0.2) is 134 Å². The number of fused-ring (bicyclic) bond motifs is 2. The summed E-state index contributed by atoms with van der Waals surface area (Å²) in [5, 5.41) is 10.4. The molecule has 1 aromatic rings. The number of carboxylic acid groups (broad SMARTS) is 1. The molecular formula is C26H30N3NaO11S2. The number of amides is 3. The summed E-state index contributed by atoms with van der Waals surface area (Å²) in [6, 6.07) is 4.25. The van der Waals surface area contributed by atoms with E-state index in [9.17, 15) is 42.3 Å². The number of hydrogen-bond donors (Lipinski definition) is 2. The van der Waals surface area contributed by atoms with E-state index in [1.807, 2.05) is 0 Å². The summed E-state index contributed by atoms with van der Waals surface area (Å²) in [7, 11) is -3.83. The maximum atomic E-state index is 13.1. The zero-order valence-electron chi connectivity index (χ0n) is 23.0. The van der Waals surface area contributed by atoms with Gasteiger partial charge in [-0.3, -0.25) is 19.2 Å². The van der Waals surface area contributed by atoms with Gasteiger partial charge in [0.15, 0.2) is 15.8 Å². The molecule has 2 unspecified atom stereocenters. The number of rotatable bonds is 8. The first-order valence-corrected chi connectivity index (χ1v) is 15.4. The van der Waals surface area contributed by atoms with E-state index >= 15 is 0 Å². The predicted molar refractivity (Wildman–Crippen MR) is 151 cm³/mol. The second-order valence-corrected chi connectivity index (χ2v) is 15.9. The molecule has 14 nitrogen and oxygen atoms in total. The number of ether oxygens (including phenoxy) is 2. The fourth-order valence-electron chi connectivity index (χ4n) is 5.93. The van der Waals surface area contributed by atoms with Gasteiger partial charge in [0.25, 0.3) is 0 Å². The number of aliphatic carboxylic acids is 1. The van der Waals surface area contributed by atoms with E-state index in [1.54, 1.807) is 32.0 Å². The zero-order chi connectivity index (χ0) is 30.9. The molecule has 2 N–H and O–H groups in total. The minimum atomic E-state index is -3.83. The Hall–Kier alpha value is -2.66. The Labute approximate surface area is 273 Å². The van der Waals surface area contributed by atoms with Crippen LogP contribution in [0.15, 0.2) is 30.3 Å². The van der Waals surface area contributed by atoms with Gasteiger partial charge in [-0.25, -0.2) is 18.0 Å². The molecule has 0 aromatic heterocycles. The molecule has 4 aliphatic heterocycles. The van der Waals surface area contributed by atoms with Gasteiger partial charge in [0.05, 0.1) is 11.2 Å². The summed E-state index contributed by atoms with van der Waals surface area (Å²) in [4.78, 5) is 77.9. The number of esters is 2. The van der Waals surface area contributed by atoms with Crippen molar-refractivity contribution in [1.82, 2.24) is 15.1 Å². The molecular weight excluding hydrogens is 617 g/mol. The van der Waals surface area contributed by atoms with Crippen molar-refractivity contribution >= 4 is 86.8 Å². The van der Waals surface area contributed by atoms with E-state index in [-0.39, 0.29) is 41.5 Å². The summed E-state index contributed by atoms with van der Waals surface area (Å²) < 4.78 is 33.2. The number of nitrogens with one attached hydrogen (secondary N) is 1. The fraction of sp³-hybridized carbons (Fsp3) is 0.538. The van der Waals surface area contributed by atoms with Gasteiger partial charge in [-0.15, -0.1) is 11.8 Å². The van der Waals surface area contributed by atoms with Crippen molar-refractivity contribution in [3.63, 3.8) is 0 Å². The van der Waals surface area contributed by atoms with Crippen LogP contribution in [0, 0.1) is 0 Å². The number of carboxylic acids is 1. The number of carbonyl (C=O) groups excluding carboxylic acids is 5. The molecule has 0 spiro atoms. The summed E-state index contributed by atoms with van der Waals surface area (Å²) in [5.74, 6) is -6.84. The van der Waals surface area contributed by atoms with Crippen LogP contribution in [-0.2, 0) is 48.1 Å². The van der Waals surface area contributed by atoms with Gasteiger partial charge in [0, 0.05) is 4.75 Å². The molecule has 1 aromatic carbocycles. The molecule has 0 radical (unpaired) electrons. The molecule has 43 heavy (non-hydrogen) atoms. The third kappa shape index (κ3) is 5.14. The van der Waals surface area contributed by atoms with Crippen LogP contribution in [0.1, 0.15) is 45.6 Å². The van der Waals surface area contributed by atoms with Crippen LogP contribution < -0.4 is 5.32 Å². The summed E-state index contributed by atoms with van der Waals surface area (Å²) >= 11 is 1.22. The Balaban J connectivity index is 0.00000423.